The Balaban J connectivity index is 1.33. The van der Waals surface area contributed by atoms with E-state index in [4.69, 9.17) is 9.47 Å². The van der Waals surface area contributed by atoms with Gasteiger partial charge < -0.3 is 18.9 Å². The van der Waals surface area contributed by atoms with Gasteiger partial charge in [-0.3, -0.25) is 9.59 Å². The third-order valence-corrected chi connectivity index (χ3v) is 5.81. The summed E-state index contributed by atoms with van der Waals surface area (Å²) in [4.78, 5) is 22.1. The van der Waals surface area contributed by atoms with Crippen LogP contribution >= 0.6 is 0 Å². The minimum Gasteiger partial charge on any atom is -0.469 e. The summed E-state index contributed by atoms with van der Waals surface area (Å²) in [7, 11) is 2.88. The lowest BCUT2D eigenvalue weighted by Gasteiger charge is -2.00. The van der Waals surface area contributed by atoms with E-state index in [1.807, 2.05) is 0 Å². The first-order valence-electron chi connectivity index (χ1n) is 11.1. The van der Waals surface area contributed by atoms with E-state index in [0.29, 0.717) is 37.3 Å². The van der Waals surface area contributed by atoms with Crippen LogP contribution < -0.4 is 0 Å². The molecule has 2 heterocycles. The summed E-state index contributed by atoms with van der Waals surface area (Å²) >= 11 is 0. The summed E-state index contributed by atoms with van der Waals surface area (Å²) in [5.74, 6) is -0.213. The van der Waals surface area contributed by atoms with Gasteiger partial charge in [0, 0.05) is 12.8 Å². The summed E-state index contributed by atoms with van der Waals surface area (Å²) in [6, 6.07) is 0. The van der Waals surface area contributed by atoms with Crippen molar-refractivity contribution in [1.29, 1.82) is 0 Å². The molecule has 0 amide bonds. The fourth-order valence-electron chi connectivity index (χ4n) is 3.84. The molecule has 0 radical (unpaired) electrons. The van der Waals surface area contributed by atoms with Crippen molar-refractivity contribution in [3.05, 3.63) is 0 Å². The van der Waals surface area contributed by atoms with E-state index in [9.17, 15) is 9.59 Å². The highest BCUT2D eigenvalue weighted by Gasteiger charge is 2.42. The summed E-state index contributed by atoms with van der Waals surface area (Å²) in [6.07, 6.45) is 16.1. The van der Waals surface area contributed by atoms with Crippen LogP contribution in [-0.4, -0.2) is 50.6 Å². The quantitative estimate of drug-likeness (QED) is 0.206. The van der Waals surface area contributed by atoms with Gasteiger partial charge in [-0.1, -0.05) is 38.5 Å². The topological polar surface area (TPSA) is 77.7 Å². The Hall–Kier alpha value is -1.14. The number of esters is 2. The van der Waals surface area contributed by atoms with Gasteiger partial charge in [-0.2, -0.15) is 0 Å². The second-order valence-corrected chi connectivity index (χ2v) is 8.06. The lowest BCUT2D eigenvalue weighted by Crippen LogP contribution is -2.01. The molecule has 0 aromatic rings. The molecule has 0 bridgehead atoms. The van der Waals surface area contributed by atoms with Crippen molar-refractivity contribution in [3.63, 3.8) is 0 Å². The fourth-order valence-corrected chi connectivity index (χ4v) is 3.84. The number of hydrogen-bond donors (Lipinski definition) is 0. The van der Waals surface area contributed by atoms with Crippen LogP contribution in [0.1, 0.15) is 89.9 Å². The zero-order valence-corrected chi connectivity index (χ0v) is 17.7. The monoisotopic (exact) mass is 398 g/mol. The normalized spacial score (nSPS) is 25.4. The number of methoxy groups -OCH3 is 2. The second kappa shape index (κ2) is 13.2. The number of ether oxygens (including phenoxy) is 4. The van der Waals surface area contributed by atoms with Crippen LogP contribution in [-0.2, 0) is 28.5 Å². The third kappa shape index (κ3) is 9.87. The molecule has 2 aliphatic rings. The van der Waals surface area contributed by atoms with Crippen molar-refractivity contribution in [1.82, 2.24) is 0 Å². The van der Waals surface area contributed by atoms with Gasteiger partial charge in [0.15, 0.2) is 0 Å². The molecule has 2 fully saturated rings. The van der Waals surface area contributed by atoms with Gasteiger partial charge in [0.1, 0.15) is 0 Å². The third-order valence-electron chi connectivity index (χ3n) is 5.81. The largest absolute Gasteiger partial charge is 0.469 e. The van der Waals surface area contributed by atoms with E-state index in [-0.39, 0.29) is 11.9 Å². The van der Waals surface area contributed by atoms with Crippen LogP contribution in [0.5, 0.6) is 0 Å². The average Bonchev–Trinajstić information content (AvgIpc) is 3.61. The standard InChI is InChI=1S/C22H38O6/c1-25-21(23)13-9-5-3-7-11-17-19(27-17)15-16-20-18(28-20)12-8-4-6-10-14-22(24)26-2/h17-20H,3-16H2,1-2H3. The molecule has 2 aliphatic heterocycles. The molecule has 0 aliphatic carbocycles. The molecule has 28 heavy (non-hydrogen) atoms. The van der Waals surface area contributed by atoms with Crippen molar-refractivity contribution < 1.29 is 28.5 Å². The molecule has 162 valence electrons. The predicted octanol–water partition coefficient (Wildman–Crippen LogP) is 4.33. The maximum atomic E-state index is 11.0. The summed E-state index contributed by atoms with van der Waals surface area (Å²) in [5.41, 5.74) is 0. The summed E-state index contributed by atoms with van der Waals surface area (Å²) in [5, 5.41) is 0. The van der Waals surface area contributed by atoms with Crippen molar-refractivity contribution in [2.45, 2.75) is 114 Å². The van der Waals surface area contributed by atoms with Gasteiger partial charge in [0.2, 0.25) is 0 Å². The van der Waals surface area contributed by atoms with Crippen molar-refractivity contribution >= 4 is 11.9 Å². The molecule has 4 atom stereocenters. The number of rotatable bonds is 17. The lowest BCUT2D eigenvalue weighted by molar-refractivity contribution is -0.141. The fraction of sp³-hybridized carbons (Fsp3) is 0.909. The van der Waals surface area contributed by atoms with Gasteiger partial charge in [-0.25, -0.2) is 0 Å². The zero-order chi connectivity index (χ0) is 20.2. The number of carbonyl (C=O) groups is 2. The Morgan fingerprint density at radius 2 is 0.929 bits per heavy atom. The Kier molecular flexibility index (Phi) is 10.9. The van der Waals surface area contributed by atoms with E-state index in [2.05, 4.69) is 9.47 Å². The molecule has 2 rings (SSSR count). The van der Waals surface area contributed by atoms with E-state index in [1.54, 1.807) is 0 Å². The van der Waals surface area contributed by atoms with Crippen LogP contribution in [0.2, 0.25) is 0 Å². The molecule has 6 heteroatoms. The van der Waals surface area contributed by atoms with Crippen LogP contribution in [0.15, 0.2) is 0 Å². The van der Waals surface area contributed by atoms with Crippen molar-refractivity contribution in [2.24, 2.45) is 0 Å². The number of carbonyl (C=O) groups excluding carboxylic acids is 2. The van der Waals surface area contributed by atoms with Gasteiger partial charge in [0.05, 0.1) is 38.6 Å². The zero-order valence-electron chi connectivity index (χ0n) is 17.7. The number of hydrogen-bond acceptors (Lipinski definition) is 6. The number of epoxide rings is 2. The van der Waals surface area contributed by atoms with Crippen molar-refractivity contribution in [3.8, 4) is 0 Å². The van der Waals surface area contributed by atoms with E-state index >= 15 is 0 Å². The van der Waals surface area contributed by atoms with Gasteiger partial charge in [-0.15, -0.1) is 0 Å². The minimum absolute atomic E-state index is 0.107. The molecule has 2 saturated heterocycles. The van der Waals surface area contributed by atoms with Gasteiger partial charge in [-0.05, 0) is 38.5 Å². The predicted molar refractivity (Wildman–Crippen MR) is 106 cm³/mol. The molecule has 0 aromatic carbocycles. The SMILES string of the molecule is COC(=O)CCCCCCC1OC1CCC1OC1CCCCCCC(=O)OC. The molecule has 4 unspecified atom stereocenters. The van der Waals surface area contributed by atoms with E-state index in [0.717, 1.165) is 64.2 Å². The molecule has 6 nitrogen and oxygen atoms in total. The molecular formula is C22H38O6. The lowest BCUT2D eigenvalue weighted by atomic mass is 10.0. The van der Waals surface area contributed by atoms with Crippen LogP contribution in [0.4, 0.5) is 0 Å². The first-order valence-corrected chi connectivity index (χ1v) is 11.1. The highest BCUT2D eigenvalue weighted by molar-refractivity contribution is 5.69. The smallest absolute Gasteiger partial charge is 0.305 e. The van der Waals surface area contributed by atoms with Gasteiger partial charge >= 0.3 is 11.9 Å². The Morgan fingerprint density at radius 1 is 0.571 bits per heavy atom. The highest BCUT2D eigenvalue weighted by Crippen LogP contribution is 2.37. The highest BCUT2D eigenvalue weighted by atomic mass is 16.6. The molecule has 0 saturated carbocycles. The second-order valence-electron chi connectivity index (χ2n) is 8.06. The Bertz CT molecular complexity index is 424. The van der Waals surface area contributed by atoms with E-state index < -0.39 is 0 Å². The van der Waals surface area contributed by atoms with Gasteiger partial charge in [0.25, 0.3) is 0 Å². The first-order chi connectivity index (χ1) is 13.6. The molecular weight excluding hydrogens is 360 g/mol. The average molecular weight is 399 g/mol. The number of unbranched alkanes of at least 4 members (excludes halogenated alkanes) is 6. The maximum absolute atomic E-state index is 11.0. The summed E-state index contributed by atoms with van der Waals surface area (Å²) < 4.78 is 20.8. The summed E-state index contributed by atoms with van der Waals surface area (Å²) in [6.45, 7) is 0. The molecule has 0 spiro atoms. The van der Waals surface area contributed by atoms with Crippen LogP contribution in [0, 0.1) is 0 Å². The minimum atomic E-state index is -0.107. The molecule has 0 aromatic heterocycles. The maximum Gasteiger partial charge on any atom is 0.305 e. The Labute approximate surface area is 169 Å². The molecule has 0 N–H and O–H groups in total. The first kappa shape index (κ1) is 23.1. The van der Waals surface area contributed by atoms with Crippen LogP contribution in [0.3, 0.4) is 0 Å². The van der Waals surface area contributed by atoms with Crippen molar-refractivity contribution in [2.75, 3.05) is 14.2 Å². The Morgan fingerprint density at radius 3 is 1.32 bits per heavy atom. The van der Waals surface area contributed by atoms with E-state index in [1.165, 1.54) is 27.1 Å². The van der Waals surface area contributed by atoms with Crippen LogP contribution in [0.25, 0.3) is 0 Å².